The predicted octanol–water partition coefficient (Wildman–Crippen LogP) is 5.61. The van der Waals surface area contributed by atoms with Crippen LogP contribution in [0.2, 0.25) is 5.02 Å². The molecule has 2 aromatic carbocycles. The standard InChI is InChI=1S/C18H22ClNS/c1-12(2)20-11-15-7-8-16(19)10-18(15)21-17-9-13(3)5-6-14(17)4/h5-10,12,20H,11H2,1-4H3. The van der Waals surface area contributed by atoms with Crippen molar-refractivity contribution < 1.29 is 0 Å². The molecule has 0 amide bonds. The van der Waals surface area contributed by atoms with Gasteiger partial charge in [-0.2, -0.15) is 0 Å². The van der Waals surface area contributed by atoms with Crippen LogP contribution in [-0.4, -0.2) is 6.04 Å². The number of hydrogen-bond donors (Lipinski definition) is 1. The fourth-order valence-corrected chi connectivity index (χ4v) is 3.42. The summed E-state index contributed by atoms with van der Waals surface area (Å²) in [5.41, 5.74) is 3.87. The van der Waals surface area contributed by atoms with Gasteiger partial charge in [-0.05, 0) is 48.7 Å². The van der Waals surface area contributed by atoms with Crippen molar-refractivity contribution in [2.24, 2.45) is 0 Å². The number of aryl methyl sites for hydroxylation is 2. The van der Waals surface area contributed by atoms with Crippen molar-refractivity contribution in [1.29, 1.82) is 0 Å². The zero-order valence-electron chi connectivity index (χ0n) is 13.0. The Hall–Kier alpha value is -0.960. The molecule has 0 saturated carbocycles. The lowest BCUT2D eigenvalue weighted by molar-refractivity contribution is 0.585. The van der Waals surface area contributed by atoms with E-state index in [9.17, 15) is 0 Å². The maximum Gasteiger partial charge on any atom is 0.0417 e. The topological polar surface area (TPSA) is 12.0 Å². The summed E-state index contributed by atoms with van der Waals surface area (Å²) in [6.45, 7) is 9.46. The van der Waals surface area contributed by atoms with Gasteiger partial charge in [-0.1, -0.05) is 55.4 Å². The Balaban J connectivity index is 2.29. The van der Waals surface area contributed by atoms with Gasteiger partial charge in [0.05, 0.1) is 0 Å². The van der Waals surface area contributed by atoms with Gasteiger partial charge in [0.15, 0.2) is 0 Å². The molecule has 1 nitrogen and oxygen atoms in total. The van der Waals surface area contributed by atoms with Crippen molar-refractivity contribution in [1.82, 2.24) is 5.32 Å². The first kappa shape index (κ1) is 16.4. The van der Waals surface area contributed by atoms with Gasteiger partial charge in [0.25, 0.3) is 0 Å². The molecule has 0 unspecified atom stereocenters. The van der Waals surface area contributed by atoms with Crippen molar-refractivity contribution in [3.8, 4) is 0 Å². The van der Waals surface area contributed by atoms with Crippen LogP contribution in [0.1, 0.15) is 30.5 Å². The molecular formula is C18H22ClNS. The molecule has 0 fully saturated rings. The van der Waals surface area contributed by atoms with E-state index in [-0.39, 0.29) is 0 Å². The second kappa shape index (κ2) is 7.35. The Morgan fingerprint density at radius 2 is 1.81 bits per heavy atom. The second-order valence-corrected chi connectivity index (χ2v) is 7.18. The van der Waals surface area contributed by atoms with Gasteiger partial charge in [-0.15, -0.1) is 0 Å². The zero-order valence-corrected chi connectivity index (χ0v) is 14.6. The van der Waals surface area contributed by atoms with E-state index in [4.69, 9.17) is 11.6 Å². The molecule has 0 radical (unpaired) electrons. The molecule has 21 heavy (non-hydrogen) atoms. The summed E-state index contributed by atoms with van der Waals surface area (Å²) in [5, 5.41) is 4.27. The lowest BCUT2D eigenvalue weighted by Gasteiger charge is -2.14. The third-order valence-electron chi connectivity index (χ3n) is 3.29. The lowest BCUT2D eigenvalue weighted by Crippen LogP contribution is -2.22. The van der Waals surface area contributed by atoms with Gasteiger partial charge in [0.2, 0.25) is 0 Å². The van der Waals surface area contributed by atoms with Crippen molar-refractivity contribution in [2.45, 2.75) is 50.1 Å². The van der Waals surface area contributed by atoms with E-state index in [1.807, 2.05) is 6.07 Å². The third-order valence-corrected chi connectivity index (χ3v) is 4.79. The van der Waals surface area contributed by atoms with Crippen LogP contribution in [0, 0.1) is 13.8 Å². The van der Waals surface area contributed by atoms with Crippen LogP contribution < -0.4 is 5.32 Å². The van der Waals surface area contributed by atoms with Crippen molar-refractivity contribution in [3.63, 3.8) is 0 Å². The Bertz CT molecular complexity index is 623. The first-order valence-electron chi connectivity index (χ1n) is 7.22. The highest BCUT2D eigenvalue weighted by atomic mass is 35.5. The molecule has 1 N–H and O–H groups in total. The molecule has 0 bridgehead atoms. The highest BCUT2D eigenvalue weighted by Crippen LogP contribution is 2.34. The maximum absolute atomic E-state index is 6.18. The van der Waals surface area contributed by atoms with Crippen LogP contribution in [-0.2, 0) is 6.54 Å². The van der Waals surface area contributed by atoms with Crippen molar-refractivity contribution in [2.75, 3.05) is 0 Å². The van der Waals surface area contributed by atoms with Gasteiger partial charge < -0.3 is 5.32 Å². The van der Waals surface area contributed by atoms with E-state index in [1.54, 1.807) is 11.8 Å². The molecule has 0 heterocycles. The summed E-state index contributed by atoms with van der Waals surface area (Å²) in [5.74, 6) is 0. The molecule has 0 saturated heterocycles. The van der Waals surface area contributed by atoms with Crippen LogP contribution in [0.15, 0.2) is 46.2 Å². The van der Waals surface area contributed by atoms with Crippen LogP contribution in [0.4, 0.5) is 0 Å². The molecule has 0 aliphatic carbocycles. The summed E-state index contributed by atoms with van der Waals surface area (Å²) < 4.78 is 0. The largest absolute Gasteiger partial charge is 0.310 e. The van der Waals surface area contributed by atoms with E-state index < -0.39 is 0 Å². The van der Waals surface area contributed by atoms with E-state index in [2.05, 4.69) is 63.3 Å². The number of nitrogens with one attached hydrogen (secondary N) is 1. The second-order valence-electron chi connectivity index (χ2n) is 5.66. The van der Waals surface area contributed by atoms with Crippen molar-refractivity contribution >= 4 is 23.4 Å². The summed E-state index contributed by atoms with van der Waals surface area (Å²) in [6, 6.07) is 13.2. The molecule has 0 aliphatic heterocycles. The normalized spacial score (nSPS) is 11.1. The summed E-state index contributed by atoms with van der Waals surface area (Å²) in [4.78, 5) is 2.52. The van der Waals surface area contributed by atoms with E-state index >= 15 is 0 Å². The Morgan fingerprint density at radius 1 is 1.05 bits per heavy atom. The first-order valence-corrected chi connectivity index (χ1v) is 8.42. The van der Waals surface area contributed by atoms with Gasteiger partial charge in [0.1, 0.15) is 0 Å². The number of rotatable bonds is 5. The minimum Gasteiger partial charge on any atom is -0.310 e. The van der Waals surface area contributed by atoms with E-state index in [1.165, 1.54) is 26.5 Å². The van der Waals surface area contributed by atoms with Crippen LogP contribution >= 0.6 is 23.4 Å². The van der Waals surface area contributed by atoms with Crippen LogP contribution in [0.3, 0.4) is 0 Å². The maximum atomic E-state index is 6.18. The summed E-state index contributed by atoms with van der Waals surface area (Å²) in [7, 11) is 0. The van der Waals surface area contributed by atoms with Gasteiger partial charge >= 0.3 is 0 Å². The van der Waals surface area contributed by atoms with Crippen LogP contribution in [0.25, 0.3) is 0 Å². The molecule has 0 aliphatic rings. The number of hydrogen-bond acceptors (Lipinski definition) is 2. The quantitative estimate of drug-likeness (QED) is 0.769. The predicted molar refractivity (Wildman–Crippen MR) is 93.5 cm³/mol. The highest BCUT2D eigenvalue weighted by molar-refractivity contribution is 7.99. The molecule has 0 aromatic heterocycles. The Labute approximate surface area is 137 Å². The molecule has 2 rings (SSSR count). The third kappa shape index (κ3) is 4.77. The highest BCUT2D eigenvalue weighted by Gasteiger charge is 2.08. The molecule has 112 valence electrons. The Morgan fingerprint density at radius 3 is 2.52 bits per heavy atom. The molecule has 3 heteroatoms. The van der Waals surface area contributed by atoms with Gasteiger partial charge in [0, 0.05) is 27.4 Å². The number of halogens is 1. The van der Waals surface area contributed by atoms with Crippen LogP contribution in [0.5, 0.6) is 0 Å². The average Bonchev–Trinajstić information content (AvgIpc) is 2.42. The summed E-state index contributed by atoms with van der Waals surface area (Å²) >= 11 is 7.98. The Kier molecular flexibility index (Phi) is 5.74. The molecule has 0 atom stereocenters. The van der Waals surface area contributed by atoms with Gasteiger partial charge in [-0.25, -0.2) is 0 Å². The lowest BCUT2D eigenvalue weighted by atomic mass is 10.2. The number of benzene rings is 2. The SMILES string of the molecule is Cc1ccc(C)c(Sc2cc(Cl)ccc2CNC(C)C)c1. The fourth-order valence-electron chi connectivity index (χ4n) is 2.02. The zero-order chi connectivity index (χ0) is 15.4. The monoisotopic (exact) mass is 319 g/mol. The van der Waals surface area contributed by atoms with Crippen molar-refractivity contribution in [3.05, 3.63) is 58.1 Å². The molecule has 2 aromatic rings. The average molecular weight is 320 g/mol. The van der Waals surface area contributed by atoms with E-state index in [0.717, 1.165) is 11.6 Å². The fraction of sp³-hybridized carbons (Fsp3) is 0.333. The smallest absolute Gasteiger partial charge is 0.0417 e. The molecule has 0 spiro atoms. The minimum absolute atomic E-state index is 0.472. The molecular weight excluding hydrogens is 298 g/mol. The van der Waals surface area contributed by atoms with Gasteiger partial charge in [-0.3, -0.25) is 0 Å². The minimum atomic E-state index is 0.472. The summed E-state index contributed by atoms with van der Waals surface area (Å²) in [6.07, 6.45) is 0. The first-order chi connectivity index (χ1) is 9.95. The van der Waals surface area contributed by atoms with E-state index in [0.29, 0.717) is 6.04 Å².